The average Bonchev–Trinajstić information content (AvgIpc) is 3.49. The van der Waals surface area contributed by atoms with Crippen LogP contribution in [0.4, 0.5) is 10.5 Å². The van der Waals surface area contributed by atoms with Crippen LogP contribution in [0.2, 0.25) is 0 Å². The molecule has 3 aliphatic heterocycles. The van der Waals surface area contributed by atoms with Crippen LogP contribution in [0.15, 0.2) is 48.8 Å². The Kier molecular flexibility index (Phi) is 6.01. The number of pyridine rings is 1. The number of amides is 2. The van der Waals surface area contributed by atoms with Gasteiger partial charge in [-0.1, -0.05) is 18.2 Å². The molecule has 2 amide bonds. The summed E-state index contributed by atoms with van der Waals surface area (Å²) in [6.07, 6.45) is 7.99. The molecule has 0 aliphatic carbocycles. The van der Waals surface area contributed by atoms with Crippen molar-refractivity contribution in [1.82, 2.24) is 15.2 Å². The molecule has 0 radical (unpaired) electrons. The second kappa shape index (κ2) is 9.22. The van der Waals surface area contributed by atoms with Gasteiger partial charge in [0.05, 0.1) is 6.04 Å². The SMILES string of the molecule is O=C(CC1CCOC1)C1CC(c2ccc(NC(=O)N3Cc4ccncc4C3)cc2)=CCN1. The van der Waals surface area contributed by atoms with Crippen LogP contribution in [-0.2, 0) is 22.6 Å². The second-order valence-electron chi connectivity index (χ2n) is 8.80. The molecule has 7 heteroatoms. The predicted molar refractivity (Wildman–Crippen MR) is 122 cm³/mol. The van der Waals surface area contributed by atoms with Gasteiger partial charge in [-0.05, 0) is 59.2 Å². The summed E-state index contributed by atoms with van der Waals surface area (Å²) in [7, 11) is 0. The van der Waals surface area contributed by atoms with Gasteiger partial charge in [-0.3, -0.25) is 9.78 Å². The number of ketones is 1. The predicted octanol–water partition coefficient (Wildman–Crippen LogP) is 3.37. The number of aromatic nitrogens is 1. The Hall–Kier alpha value is -3.03. The topological polar surface area (TPSA) is 83.6 Å². The smallest absolute Gasteiger partial charge is 0.322 e. The lowest BCUT2D eigenvalue weighted by molar-refractivity contribution is -0.121. The van der Waals surface area contributed by atoms with Crippen molar-refractivity contribution in [1.29, 1.82) is 0 Å². The minimum atomic E-state index is -0.138. The van der Waals surface area contributed by atoms with Gasteiger partial charge in [0.25, 0.3) is 0 Å². The first kappa shape index (κ1) is 20.8. The van der Waals surface area contributed by atoms with Crippen LogP contribution in [0.5, 0.6) is 0 Å². The molecule has 2 N–H and O–H groups in total. The quantitative estimate of drug-likeness (QED) is 0.757. The van der Waals surface area contributed by atoms with Gasteiger partial charge in [0, 0.05) is 57.3 Å². The normalized spacial score (nSPS) is 22.4. The highest BCUT2D eigenvalue weighted by molar-refractivity contribution is 5.90. The van der Waals surface area contributed by atoms with Gasteiger partial charge in [0.15, 0.2) is 0 Å². The maximum absolute atomic E-state index is 12.7. The van der Waals surface area contributed by atoms with Crippen molar-refractivity contribution in [3.63, 3.8) is 0 Å². The van der Waals surface area contributed by atoms with E-state index in [1.807, 2.05) is 36.5 Å². The summed E-state index contributed by atoms with van der Waals surface area (Å²) < 4.78 is 5.40. The molecule has 0 spiro atoms. The Morgan fingerprint density at radius 3 is 2.78 bits per heavy atom. The number of fused-ring (bicyclic) bond motifs is 1. The lowest BCUT2D eigenvalue weighted by atomic mass is 9.89. The third-order valence-electron chi connectivity index (χ3n) is 6.56. The number of ether oxygens (including phenoxy) is 1. The molecule has 32 heavy (non-hydrogen) atoms. The summed E-state index contributed by atoms with van der Waals surface area (Å²) in [5.41, 5.74) is 5.26. The summed E-state index contributed by atoms with van der Waals surface area (Å²) in [4.78, 5) is 31.3. The first-order chi connectivity index (χ1) is 15.7. The highest BCUT2D eigenvalue weighted by Crippen LogP contribution is 2.27. The second-order valence-corrected chi connectivity index (χ2v) is 8.80. The average molecular weight is 433 g/mol. The van der Waals surface area contributed by atoms with Crippen LogP contribution in [-0.4, -0.2) is 47.5 Å². The maximum atomic E-state index is 12.7. The number of carbonyl (C=O) groups is 2. The zero-order valence-corrected chi connectivity index (χ0v) is 18.0. The van der Waals surface area contributed by atoms with Crippen LogP contribution in [0.1, 0.15) is 36.0 Å². The van der Waals surface area contributed by atoms with Crippen molar-refractivity contribution in [3.8, 4) is 0 Å². The molecule has 0 bridgehead atoms. The molecule has 1 aromatic heterocycles. The van der Waals surface area contributed by atoms with E-state index in [-0.39, 0.29) is 17.9 Å². The molecule has 2 aromatic rings. The molecule has 2 atom stereocenters. The van der Waals surface area contributed by atoms with Crippen molar-refractivity contribution in [3.05, 3.63) is 65.5 Å². The first-order valence-electron chi connectivity index (χ1n) is 11.3. The number of nitrogens with zero attached hydrogens (tertiary/aromatic N) is 2. The van der Waals surface area contributed by atoms with Crippen LogP contribution in [0, 0.1) is 5.92 Å². The van der Waals surface area contributed by atoms with Gasteiger partial charge in [0.2, 0.25) is 0 Å². The Bertz CT molecular complexity index is 1000. The Morgan fingerprint density at radius 1 is 1.16 bits per heavy atom. The van der Waals surface area contributed by atoms with Gasteiger partial charge in [0.1, 0.15) is 5.78 Å². The van der Waals surface area contributed by atoms with Crippen LogP contribution >= 0.6 is 0 Å². The fraction of sp³-hybridized carbons (Fsp3) is 0.400. The van der Waals surface area contributed by atoms with Crippen molar-refractivity contribution < 1.29 is 14.3 Å². The largest absolute Gasteiger partial charge is 0.381 e. The number of Topliss-reactive ketones (excluding diaryl/α,β-unsaturated/α-hetero) is 1. The van der Waals surface area contributed by atoms with Crippen LogP contribution in [0.3, 0.4) is 0 Å². The van der Waals surface area contributed by atoms with Crippen molar-refractivity contribution in [2.75, 3.05) is 25.1 Å². The Balaban J connectivity index is 1.17. The molecule has 3 aliphatic rings. The van der Waals surface area contributed by atoms with E-state index in [1.165, 1.54) is 5.57 Å². The molecular weight excluding hydrogens is 404 g/mol. The van der Waals surface area contributed by atoms with E-state index in [2.05, 4.69) is 21.7 Å². The summed E-state index contributed by atoms with van der Waals surface area (Å²) in [5.74, 6) is 0.637. The molecule has 4 heterocycles. The van der Waals surface area contributed by atoms with Crippen molar-refractivity contribution >= 4 is 23.1 Å². The van der Waals surface area contributed by atoms with E-state index in [4.69, 9.17) is 4.74 Å². The zero-order valence-electron chi connectivity index (χ0n) is 18.0. The fourth-order valence-corrected chi connectivity index (χ4v) is 4.67. The van der Waals surface area contributed by atoms with Crippen molar-refractivity contribution in [2.45, 2.75) is 38.4 Å². The summed E-state index contributed by atoms with van der Waals surface area (Å²) >= 11 is 0. The highest BCUT2D eigenvalue weighted by Gasteiger charge is 2.27. The van der Waals surface area contributed by atoms with Crippen LogP contribution in [0.25, 0.3) is 5.57 Å². The van der Waals surface area contributed by atoms with E-state index in [1.54, 1.807) is 11.1 Å². The lowest BCUT2D eigenvalue weighted by Crippen LogP contribution is -2.40. The van der Waals surface area contributed by atoms with E-state index in [9.17, 15) is 9.59 Å². The third kappa shape index (κ3) is 4.59. The lowest BCUT2D eigenvalue weighted by Gasteiger charge is -2.24. The van der Waals surface area contributed by atoms with Gasteiger partial charge in [-0.25, -0.2) is 4.79 Å². The van der Waals surface area contributed by atoms with Crippen molar-refractivity contribution in [2.24, 2.45) is 5.92 Å². The minimum Gasteiger partial charge on any atom is -0.381 e. The number of hydrogen-bond donors (Lipinski definition) is 2. The molecule has 1 aromatic carbocycles. The third-order valence-corrected chi connectivity index (χ3v) is 6.56. The molecule has 1 fully saturated rings. The zero-order chi connectivity index (χ0) is 21.9. The molecular formula is C25H28N4O3. The van der Waals surface area contributed by atoms with Gasteiger partial charge in [-0.15, -0.1) is 0 Å². The fourth-order valence-electron chi connectivity index (χ4n) is 4.67. The van der Waals surface area contributed by atoms with Crippen LogP contribution < -0.4 is 10.6 Å². The summed E-state index contributed by atoms with van der Waals surface area (Å²) in [5, 5.41) is 6.32. The molecule has 1 saturated heterocycles. The highest BCUT2D eigenvalue weighted by atomic mass is 16.5. The first-order valence-corrected chi connectivity index (χ1v) is 11.3. The maximum Gasteiger partial charge on any atom is 0.322 e. The Labute approximate surface area is 187 Å². The number of hydrogen-bond acceptors (Lipinski definition) is 5. The molecule has 5 rings (SSSR count). The summed E-state index contributed by atoms with van der Waals surface area (Å²) in [6, 6.07) is 9.59. The van der Waals surface area contributed by atoms with E-state index in [0.29, 0.717) is 45.0 Å². The standard InChI is InChI=1S/C25H28N4O3/c30-24(11-17-7-10-32-16-17)23-12-19(6-9-27-23)18-1-3-22(4-2-18)28-25(31)29-14-20-5-8-26-13-21(20)15-29/h1-6,8,13,17,23,27H,7,9-12,14-16H2,(H,28,31). The number of nitrogens with one attached hydrogen (secondary N) is 2. The summed E-state index contributed by atoms with van der Waals surface area (Å²) in [6.45, 7) is 3.34. The van der Waals surface area contributed by atoms with E-state index < -0.39 is 0 Å². The number of benzene rings is 1. The molecule has 166 valence electrons. The van der Waals surface area contributed by atoms with Gasteiger partial charge < -0.3 is 20.3 Å². The van der Waals surface area contributed by atoms with Gasteiger partial charge >= 0.3 is 6.03 Å². The number of rotatable bonds is 5. The van der Waals surface area contributed by atoms with E-state index in [0.717, 1.165) is 35.4 Å². The molecule has 7 nitrogen and oxygen atoms in total. The van der Waals surface area contributed by atoms with E-state index >= 15 is 0 Å². The molecule has 0 saturated carbocycles. The number of urea groups is 1. The monoisotopic (exact) mass is 432 g/mol. The Morgan fingerprint density at radius 2 is 2.00 bits per heavy atom. The minimum absolute atomic E-state index is 0.114. The number of carbonyl (C=O) groups excluding carboxylic acids is 2. The van der Waals surface area contributed by atoms with Gasteiger partial charge in [-0.2, -0.15) is 0 Å². The molecule has 2 unspecified atom stereocenters. The number of anilines is 1.